The molecule has 1 aromatic rings. The maximum atomic E-state index is 11.8. The van der Waals surface area contributed by atoms with Gasteiger partial charge in [0.05, 0.1) is 12.3 Å². The third kappa shape index (κ3) is 4.30. The number of carbonyl (C=O) groups is 2. The van der Waals surface area contributed by atoms with E-state index in [2.05, 4.69) is 15.6 Å². The topological polar surface area (TPSA) is 106 Å². The van der Waals surface area contributed by atoms with Crippen LogP contribution in [0.2, 0.25) is 0 Å². The summed E-state index contributed by atoms with van der Waals surface area (Å²) >= 11 is 0. The second-order valence-electron chi connectivity index (χ2n) is 4.73. The molecule has 2 heterocycles. The number of hydrogen-bond acceptors (Lipinski definition) is 5. The highest BCUT2D eigenvalue weighted by molar-refractivity contribution is 5.91. The molecule has 1 amide bonds. The molecule has 0 aliphatic carbocycles. The highest BCUT2D eigenvalue weighted by Crippen LogP contribution is 2.14. The first-order chi connectivity index (χ1) is 9.65. The van der Waals surface area contributed by atoms with Crippen molar-refractivity contribution in [1.82, 2.24) is 20.3 Å². The van der Waals surface area contributed by atoms with Gasteiger partial charge in [-0.15, -0.1) is 5.10 Å². The lowest BCUT2D eigenvalue weighted by Crippen LogP contribution is -2.29. The Balaban J connectivity index is 1.73. The summed E-state index contributed by atoms with van der Waals surface area (Å²) in [5, 5.41) is 18.5. The van der Waals surface area contributed by atoms with E-state index in [1.165, 1.54) is 12.6 Å². The van der Waals surface area contributed by atoms with Crippen molar-refractivity contribution in [2.75, 3.05) is 13.2 Å². The molecule has 2 rings (SSSR count). The third-order valence-corrected chi connectivity index (χ3v) is 3.09. The lowest BCUT2D eigenvalue weighted by molar-refractivity contribution is -0.137. The number of ether oxygens (including phenoxy) is 1. The molecule has 110 valence electrons. The van der Waals surface area contributed by atoms with Crippen LogP contribution >= 0.6 is 0 Å². The van der Waals surface area contributed by atoms with E-state index in [1.807, 2.05) is 0 Å². The average Bonchev–Trinajstić information content (AvgIpc) is 2.87. The van der Waals surface area contributed by atoms with Gasteiger partial charge in [0.15, 0.2) is 5.69 Å². The Morgan fingerprint density at radius 2 is 2.35 bits per heavy atom. The zero-order valence-electron chi connectivity index (χ0n) is 11.1. The van der Waals surface area contributed by atoms with Crippen LogP contribution in [0.5, 0.6) is 0 Å². The molecular weight excluding hydrogens is 264 g/mol. The SMILES string of the molecule is O=C(O)Cn1cc(C(=O)NCCC2CCCCO2)nn1. The smallest absolute Gasteiger partial charge is 0.325 e. The molecule has 1 unspecified atom stereocenters. The number of carbonyl (C=O) groups excluding carboxylic acids is 1. The van der Waals surface area contributed by atoms with Gasteiger partial charge in [-0.2, -0.15) is 0 Å². The number of nitrogens with zero attached hydrogens (tertiary/aromatic N) is 3. The van der Waals surface area contributed by atoms with Gasteiger partial charge in [0.25, 0.3) is 5.91 Å². The summed E-state index contributed by atoms with van der Waals surface area (Å²) < 4.78 is 6.68. The van der Waals surface area contributed by atoms with Crippen LogP contribution in [0.1, 0.15) is 36.2 Å². The van der Waals surface area contributed by atoms with Crippen molar-refractivity contribution < 1.29 is 19.4 Å². The molecule has 1 aliphatic rings. The molecule has 0 bridgehead atoms. The molecule has 0 aromatic carbocycles. The van der Waals surface area contributed by atoms with E-state index in [4.69, 9.17) is 9.84 Å². The van der Waals surface area contributed by atoms with Gasteiger partial charge in [0.1, 0.15) is 6.54 Å². The Morgan fingerprint density at radius 3 is 3.05 bits per heavy atom. The van der Waals surface area contributed by atoms with E-state index in [0.717, 1.165) is 30.6 Å². The predicted molar refractivity (Wildman–Crippen MR) is 68.2 cm³/mol. The van der Waals surface area contributed by atoms with E-state index in [-0.39, 0.29) is 24.2 Å². The first-order valence-electron chi connectivity index (χ1n) is 6.67. The first-order valence-corrected chi connectivity index (χ1v) is 6.67. The number of aliphatic carboxylic acids is 1. The van der Waals surface area contributed by atoms with Gasteiger partial charge < -0.3 is 15.2 Å². The van der Waals surface area contributed by atoms with E-state index in [0.29, 0.717) is 6.54 Å². The maximum Gasteiger partial charge on any atom is 0.325 e. The molecule has 1 saturated heterocycles. The van der Waals surface area contributed by atoms with Crippen LogP contribution < -0.4 is 5.32 Å². The normalized spacial score (nSPS) is 18.7. The van der Waals surface area contributed by atoms with Gasteiger partial charge in [0.2, 0.25) is 0 Å². The van der Waals surface area contributed by atoms with Crippen molar-refractivity contribution in [1.29, 1.82) is 0 Å². The number of amides is 1. The summed E-state index contributed by atoms with van der Waals surface area (Å²) in [6.07, 6.45) is 5.62. The largest absolute Gasteiger partial charge is 0.480 e. The lowest BCUT2D eigenvalue weighted by Gasteiger charge is -2.22. The van der Waals surface area contributed by atoms with Gasteiger partial charge >= 0.3 is 5.97 Å². The van der Waals surface area contributed by atoms with Gasteiger partial charge in [0, 0.05) is 13.2 Å². The number of nitrogens with one attached hydrogen (secondary N) is 1. The summed E-state index contributed by atoms with van der Waals surface area (Å²) in [7, 11) is 0. The molecule has 0 spiro atoms. The minimum absolute atomic E-state index is 0.121. The summed E-state index contributed by atoms with van der Waals surface area (Å²) in [5.41, 5.74) is 0.121. The van der Waals surface area contributed by atoms with Gasteiger partial charge in [-0.3, -0.25) is 9.59 Å². The maximum absolute atomic E-state index is 11.8. The van der Waals surface area contributed by atoms with E-state index < -0.39 is 5.97 Å². The summed E-state index contributed by atoms with van der Waals surface area (Å²) in [6, 6.07) is 0. The fraction of sp³-hybridized carbons (Fsp3) is 0.667. The Hall–Kier alpha value is -1.96. The van der Waals surface area contributed by atoms with E-state index >= 15 is 0 Å². The van der Waals surface area contributed by atoms with Crippen molar-refractivity contribution in [2.24, 2.45) is 0 Å². The number of hydrogen-bond donors (Lipinski definition) is 2. The highest BCUT2D eigenvalue weighted by Gasteiger charge is 2.15. The van der Waals surface area contributed by atoms with Crippen LogP contribution in [0.25, 0.3) is 0 Å². The van der Waals surface area contributed by atoms with Crippen LogP contribution in [0, 0.1) is 0 Å². The molecule has 2 N–H and O–H groups in total. The zero-order valence-corrected chi connectivity index (χ0v) is 11.1. The van der Waals surface area contributed by atoms with Crippen LogP contribution in [0.4, 0.5) is 0 Å². The monoisotopic (exact) mass is 282 g/mol. The van der Waals surface area contributed by atoms with Crippen LogP contribution in [-0.2, 0) is 16.1 Å². The third-order valence-electron chi connectivity index (χ3n) is 3.09. The van der Waals surface area contributed by atoms with Crippen molar-refractivity contribution in [2.45, 2.75) is 38.3 Å². The summed E-state index contributed by atoms with van der Waals surface area (Å²) in [5.74, 6) is -1.38. The first kappa shape index (κ1) is 14.4. The standard InChI is InChI=1S/C12H18N4O4/c17-11(18)8-16-7-10(14-15-16)12(19)13-5-4-9-3-1-2-6-20-9/h7,9H,1-6,8H2,(H,13,19)(H,17,18). The van der Waals surface area contributed by atoms with Crippen molar-refractivity contribution >= 4 is 11.9 Å². The number of rotatable bonds is 6. The quantitative estimate of drug-likeness (QED) is 0.763. The van der Waals surface area contributed by atoms with Crippen LogP contribution in [0.3, 0.4) is 0 Å². The van der Waals surface area contributed by atoms with Crippen LogP contribution in [0.15, 0.2) is 6.20 Å². The molecule has 8 heteroatoms. The van der Waals surface area contributed by atoms with Gasteiger partial charge in [-0.1, -0.05) is 5.21 Å². The minimum atomic E-state index is -1.03. The Morgan fingerprint density at radius 1 is 1.50 bits per heavy atom. The Bertz CT molecular complexity index is 468. The molecule has 0 radical (unpaired) electrons. The Kier molecular flexibility index (Phi) is 5.05. The fourth-order valence-corrected chi connectivity index (χ4v) is 2.09. The summed E-state index contributed by atoms with van der Waals surface area (Å²) in [4.78, 5) is 22.3. The zero-order chi connectivity index (χ0) is 14.4. The van der Waals surface area contributed by atoms with Gasteiger partial charge in [-0.25, -0.2) is 4.68 Å². The molecule has 8 nitrogen and oxygen atoms in total. The van der Waals surface area contributed by atoms with Gasteiger partial charge in [-0.05, 0) is 25.7 Å². The van der Waals surface area contributed by atoms with Crippen LogP contribution in [-0.4, -0.2) is 51.2 Å². The predicted octanol–water partition coefficient (Wildman–Crippen LogP) is 0.0517. The number of carboxylic acid groups (broad SMARTS) is 1. The molecule has 20 heavy (non-hydrogen) atoms. The summed E-state index contributed by atoms with van der Waals surface area (Å²) in [6.45, 7) is 0.994. The van der Waals surface area contributed by atoms with Crippen molar-refractivity contribution in [3.05, 3.63) is 11.9 Å². The van der Waals surface area contributed by atoms with Crippen molar-refractivity contribution in [3.63, 3.8) is 0 Å². The average molecular weight is 282 g/mol. The molecule has 1 fully saturated rings. The van der Waals surface area contributed by atoms with E-state index in [1.54, 1.807) is 0 Å². The fourth-order valence-electron chi connectivity index (χ4n) is 2.09. The van der Waals surface area contributed by atoms with Crippen molar-refractivity contribution in [3.8, 4) is 0 Å². The lowest BCUT2D eigenvalue weighted by atomic mass is 10.1. The van der Waals surface area contributed by atoms with E-state index in [9.17, 15) is 9.59 Å². The number of aromatic nitrogens is 3. The molecule has 0 saturated carbocycles. The Labute approximate surface area is 116 Å². The molecule has 1 atom stereocenters. The minimum Gasteiger partial charge on any atom is -0.480 e. The highest BCUT2D eigenvalue weighted by atomic mass is 16.5. The molecule has 1 aliphatic heterocycles. The molecule has 1 aromatic heterocycles. The second kappa shape index (κ2) is 6.99. The number of carboxylic acids is 1. The molecular formula is C12H18N4O4. The second-order valence-corrected chi connectivity index (χ2v) is 4.73.